The van der Waals surface area contributed by atoms with Gasteiger partial charge in [0.15, 0.2) is 0 Å². The quantitative estimate of drug-likeness (QED) is 0.621. The van der Waals surface area contributed by atoms with Crippen LogP contribution in [0.25, 0.3) is 0 Å². The van der Waals surface area contributed by atoms with Crippen molar-refractivity contribution in [2.75, 3.05) is 31.1 Å². The smallest absolute Gasteiger partial charge is 0.225 e. The molecule has 0 radical (unpaired) electrons. The molecule has 72 valence electrons. The highest BCUT2D eigenvalue weighted by molar-refractivity contribution is 5.28. The standard InChI is InChI=1S/C8H15N5/c9-2-6-13(7-3-10)8-11-4-1-5-12-8/h1,4-5H,2-3,6-7,9-10H2. The summed E-state index contributed by atoms with van der Waals surface area (Å²) in [5.41, 5.74) is 10.9. The van der Waals surface area contributed by atoms with Crippen LogP contribution in [0.2, 0.25) is 0 Å². The maximum absolute atomic E-state index is 5.46. The molecule has 0 aliphatic carbocycles. The van der Waals surface area contributed by atoms with E-state index in [1.165, 1.54) is 0 Å². The van der Waals surface area contributed by atoms with E-state index in [-0.39, 0.29) is 0 Å². The molecule has 1 aromatic rings. The highest BCUT2D eigenvalue weighted by Crippen LogP contribution is 2.02. The van der Waals surface area contributed by atoms with E-state index in [0.29, 0.717) is 19.0 Å². The molecule has 0 spiro atoms. The highest BCUT2D eigenvalue weighted by Gasteiger charge is 2.05. The monoisotopic (exact) mass is 181 g/mol. The van der Waals surface area contributed by atoms with Crippen molar-refractivity contribution in [3.63, 3.8) is 0 Å². The van der Waals surface area contributed by atoms with Gasteiger partial charge in [0, 0.05) is 38.6 Å². The predicted molar refractivity (Wildman–Crippen MR) is 52.4 cm³/mol. The van der Waals surface area contributed by atoms with Crippen LogP contribution in [-0.2, 0) is 0 Å². The highest BCUT2D eigenvalue weighted by atomic mass is 15.2. The number of hydrogen-bond donors (Lipinski definition) is 2. The second-order valence-corrected chi connectivity index (χ2v) is 2.61. The molecule has 0 amide bonds. The van der Waals surface area contributed by atoms with Gasteiger partial charge in [-0.2, -0.15) is 0 Å². The molecule has 5 heteroatoms. The number of hydrogen-bond acceptors (Lipinski definition) is 5. The summed E-state index contributed by atoms with van der Waals surface area (Å²) in [5.74, 6) is 0.693. The average molecular weight is 181 g/mol. The normalized spacial score (nSPS) is 10.0. The number of rotatable bonds is 5. The summed E-state index contributed by atoms with van der Waals surface area (Å²) >= 11 is 0. The van der Waals surface area contributed by atoms with Crippen LogP contribution in [0.3, 0.4) is 0 Å². The molecule has 13 heavy (non-hydrogen) atoms. The summed E-state index contributed by atoms with van der Waals surface area (Å²) < 4.78 is 0. The van der Waals surface area contributed by atoms with E-state index in [2.05, 4.69) is 9.97 Å². The van der Waals surface area contributed by atoms with Gasteiger partial charge in [-0.15, -0.1) is 0 Å². The third-order valence-corrected chi connectivity index (χ3v) is 1.63. The van der Waals surface area contributed by atoms with Gasteiger partial charge in [0.2, 0.25) is 5.95 Å². The minimum absolute atomic E-state index is 0.582. The molecule has 0 fully saturated rings. The Morgan fingerprint density at radius 2 is 1.62 bits per heavy atom. The largest absolute Gasteiger partial charge is 0.338 e. The van der Waals surface area contributed by atoms with Gasteiger partial charge in [-0.25, -0.2) is 9.97 Å². The number of aromatic nitrogens is 2. The molecule has 0 saturated heterocycles. The second-order valence-electron chi connectivity index (χ2n) is 2.61. The third kappa shape index (κ3) is 2.96. The van der Waals surface area contributed by atoms with Crippen LogP contribution >= 0.6 is 0 Å². The van der Waals surface area contributed by atoms with Gasteiger partial charge in [0.05, 0.1) is 0 Å². The first-order chi connectivity index (χ1) is 6.38. The van der Waals surface area contributed by atoms with Crippen molar-refractivity contribution < 1.29 is 0 Å². The SMILES string of the molecule is NCCN(CCN)c1ncccn1. The molecule has 1 heterocycles. The Morgan fingerprint density at radius 3 is 2.08 bits per heavy atom. The van der Waals surface area contributed by atoms with Crippen molar-refractivity contribution in [3.8, 4) is 0 Å². The van der Waals surface area contributed by atoms with Crippen LogP contribution < -0.4 is 16.4 Å². The fourth-order valence-corrected chi connectivity index (χ4v) is 1.08. The Hall–Kier alpha value is -1.20. The molecule has 0 bridgehead atoms. The Morgan fingerprint density at radius 1 is 1.08 bits per heavy atom. The lowest BCUT2D eigenvalue weighted by Crippen LogP contribution is -2.35. The molecule has 5 nitrogen and oxygen atoms in total. The zero-order valence-electron chi connectivity index (χ0n) is 7.56. The van der Waals surface area contributed by atoms with Crippen LogP contribution in [0, 0.1) is 0 Å². The van der Waals surface area contributed by atoms with E-state index in [4.69, 9.17) is 11.5 Å². The summed E-state index contributed by atoms with van der Waals surface area (Å²) in [6.07, 6.45) is 3.42. The molecule has 0 aromatic carbocycles. The first kappa shape index (κ1) is 9.88. The van der Waals surface area contributed by atoms with Crippen LogP contribution in [0.1, 0.15) is 0 Å². The van der Waals surface area contributed by atoms with Gasteiger partial charge in [-0.1, -0.05) is 0 Å². The molecule has 4 N–H and O–H groups in total. The molecular weight excluding hydrogens is 166 g/mol. The van der Waals surface area contributed by atoms with Gasteiger partial charge < -0.3 is 16.4 Å². The van der Waals surface area contributed by atoms with E-state index in [0.717, 1.165) is 13.1 Å². The number of nitrogens with zero attached hydrogens (tertiary/aromatic N) is 3. The molecule has 1 rings (SSSR count). The Labute approximate surface area is 77.8 Å². The molecule has 0 saturated carbocycles. The minimum Gasteiger partial charge on any atom is -0.338 e. The summed E-state index contributed by atoms with van der Waals surface area (Å²) in [7, 11) is 0. The van der Waals surface area contributed by atoms with E-state index in [1.807, 2.05) is 4.90 Å². The van der Waals surface area contributed by atoms with Gasteiger partial charge in [0.1, 0.15) is 0 Å². The minimum atomic E-state index is 0.582. The Balaban J connectivity index is 2.64. The van der Waals surface area contributed by atoms with Crippen LogP contribution in [0.15, 0.2) is 18.5 Å². The Kier molecular flexibility index (Phi) is 4.14. The van der Waals surface area contributed by atoms with Crippen molar-refractivity contribution in [3.05, 3.63) is 18.5 Å². The average Bonchev–Trinajstić information content (AvgIpc) is 2.19. The maximum atomic E-state index is 5.46. The Bertz CT molecular complexity index is 219. The van der Waals surface area contributed by atoms with Gasteiger partial charge in [0.25, 0.3) is 0 Å². The molecular formula is C8H15N5. The lowest BCUT2D eigenvalue weighted by atomic mass is 10.5. The van der Waals surface area contributed by atoms with E-state index in [1.54, 1.807) is 18.5 Å². The second kappa shape index (κ2) is 5.45. The van der Waals surface area contributed by atoms with E-state index >= 15 is 0 Å². The van der Waals surface area contributed by atoms with Crippen LogP contribution in [-0.4, -0.2) is 36.1 Å². The topological polar surface area (TPSA) is 81.1 Å². The molecule has 0 atom stereocenters. The molecule has 1 aromatic heterocycles. The van der Waals surface area contributed by atoms with Gasteiger partial charge >= 0.3 is 0 Å². The first-order valence-electron chi connectivity index (χ1n) is 4.30. The van der Waals surface area contributed by atoms with Crippen molar-refractivity contribution in [1.82, 2.24) is 9.97 Å². The fourth-order valence-electron chi connectivity index (χ4n) is 1.08. The number of nitrogens with two attached hydrogens (primary N) is 2. The predicted octanol–water partition coefficient (Wildman–Crippen LogP) is -0.800. The van der Waals surface area contributed by atoms with Gasteiger partial charge in [-0.05, 0) is 6.07 Å². The van der Waals surface area contributed by atoms with Crippen molar-refractivity contribution in [2.24, 2.45) is 11.5 Å². The fraction of sp³-hybridized carbons (Fsp3) is 0.500. The summed E-state index contributed by atoms with van der Waals surface area (Å²) in [6, 6.07) is 1.78. The zero-order valence-corrected chi connectivity index (χ0v) is 7.56. The molecule has 0 unspecified atom stereocenters. The molecule has 0 aliphatic rings. The third-order valence-electron chi connectivity index (χ3n) is 1.63. The van der Waals surface area contributed by atoms with Crippen LogP contribution in [0.5, 0.6) is 0 Å². The van der Waals surface area contributed by atoms with Crippen molar-refractivity contribution >= 4 is 5.95 Å². The lowest BCUT2D eigenvalue weighted by molar-refractivity contribution is 0.754. The van der Waals surface area contributed by atoms with Crippen molar-refractivity contribution in [2.45, 2.75) is 0 Å². The van der Waals surface area contributed by atoms with Crippen molar-refractivity contribution in [1.29, 1.82) is 0 Å². The zero-order chi connectivity index (χ0) is 9.52. The summed E-state index contributed by atoms with van der Waals surface area (Å²) in [6.45, 7) is 2.64. The van der Waals surface area contributed by atoms with Crippen LogP contribution in [0.4, 0.5) is 5.95 Å². The summed E-state index contributed by atoms with van der Waals surface area (Å²) in [4.78, 5) is 10.2. The summed E-state index contributed by atoms with van der Waals surface area (Å²) in [5, 5.41) is 0. The molecule has 0 aliphatic heterocycles. The first-order valence-corrected chi connectivity index (χ1v) is 4.30. The lowest BCUT2D eigenvalue weighted by Gasteiger charge is -2.20. The van der Waals surface area contributed by atoms with Gasteiger partial charge in [-0.3, -0.25) is 0 Å². The maximum Gasteiger partial charge on any atom is 0.225 e. The van der Waals surface area contributed by atoms with E-state index in [9.17, 15) is 0 Å². The van der Waals surface area contributed by atoms with E-state index < -0.39 is 0 Å². The number of anilines is 1.